The van der Waals surface area contributed by atoms with Crippen LogP contribution in [0, 0.1) is 0 Å². The van der Waals surface area contributed by atoms with Crippen LogP contribution in [-0.2, 0) is 21.6 Å². The standard InChI is InChI=1S/C24H30N6O3/c31-23(25-21-10-6-8-19-7-2-3-9-20(19)21)33-18-15-30-22(26-27-28-30)24(11-4-1-5-12-24)29-13-16-32-17-14-29/h2-3,6-10H,1,4-5,11-18H2,(H,25,31). The van der Waals surface area contributed by atoms with Crippen molar-refractivity contribution >= 4 is 22.6 Å². The molecule has 0 spiro atoms. The molecule has 3 aromatic rings. The lowest BCUT2D eigenvalue weighted by molar-refractivity contribution is -0.0463. The Hall–Kier alpha value is -3.04. The molecule has 2 aromatic carbocycles. The highest BCUT2D eigenvalue weighted by molar-refractivity contribution is 6.00. The topological polar surface area (TPSA) is 94.4 Å². The summed E-state index contributed by atoms with van der Waals surface area (Å²) in [6.45, 7) is 3.85. The molecule has 1 aliphatic heterocycles. The number of amides is 1. The van der Waals surface area contributed by atoms with E-state index in [2.05, 4.69) is 25.7 Å². The number of hydrogen-bond donors (Lipinski definition) is 1. The Kier molecular flexibility index (Phi) is 6.50. The van der Waals surface area contributed by atoms with Gasteiger partial charge in [-0.1, -0.05) is 55.7 Å². The van der Waals surface area contributed by atoms with Crippen molar-refractivity contribution in [2.75, 3.05) is 38.2 Å². The molecule has 9 nitrogen and oxygen atoms in total. The van der Waals surface area contributed by atoms with Gasteiger partial charge in [0, 0.05) is 18.5 Å². The fourth-order valence-electron chi connectivity index (χ4n) is 5.20. The van der Waals surface area contributed by atoms with Crippen molar-refractivity contribution < 1.29 is 14.3 Å². The second kappa shape index (κ2) is 9.84. The third kappa shape index (κ3) is 4.56. The predicted molar refractivity (Wildman–Crippen MR) is 124 cm³/mol. The summed E-state index contributed by atoms with van der Waals surface area (Å²) < 4.78 is 12.9. The maximum absolute atomic E-state index is 12.5. The van der Waals surface area contributed by atoms with Gasteiger partial charge in [0.2, 0.25) is 0 Å². The van der Waals surface area contributed by atoms with Gasteiger partial charge in [-0.05, 0) is 34.7 Å². The van der Waals surface area contributed by atoms with E-state index in [0.717, 1.165) is 74.3 Å². The average molecular weight is 451 g/mol. The second-order valence-corrected chi connectivity index (χ2v) is 8.70. The van der Waals surface area contributed by atoms with E-state index >= 15 is 0 Å². The molecular formula is C24H30N6O3. The lowest BCUT2D eigenvalue weighted by Gasteiger charge is -2.46. The average Bonchev–Trinajstić information content (AvgIpc) is 3.34. The van der Waals surface area contributed by atoms with Crippen LogP contribution in [0.2, 0.25) is 0 Å². The molecule has 1 saturated carbocycles. The Morgan fingerprint density at radius 1 is 1.06 bits per heavy atom. The Bertz CT molecular complexity index is 1080. The number of nitrogens with zero attached hydrogens (tertiary/aromatic N) is 5. The normalized spacial score (nSPS) is 18.8. The van der Waals surface area contributed by atoms with Crippen molar-refractivity contribution in [1.29, 1.82) is 0 Å². The number of tetrazole rings is 1. The number of carbonyl (C=O) groups is 1. The van der Waals surface area contributed by atoms with Crippen LogP contribution in [0.15, 0.2) is 42.5 Å². The Balaban J connectivity index is 1.25. The fraction of sp³-hybridized carbons (Fsp3) is 0.500. The summed E-state index contributed by atoms with van der Waals surface area (Å²) in [5.74, 6) is 0.877. The minimum Gasteiger partial charge on any atom is -0.447 e. The maximum Gasteiger partial charge on any atom is 0.411 e. The molecule has 2 fully saturated rings. The third-order valence-corrected chi connectivity index (χ3v) is 6.81. The van der Waals surface area contributed by atoms with Crippen LogP contribution in [0.4, 0.5) is 10.5 Å². The zero-order valence-corrected chi connectivity index (χ0v) is 18.8. The summed E-state index contributed by atoms with van der Waals surface area (Å²) in [6, 6.07) is 13.7. The van der Waals surface area contributed by atoms with Gasteiger partial charge >= 0.3 is 6.09 Å². The van der Waals surface area contributed by atoms with E-state index < -0.39 is 6.09 Å². The molecule has 1 aromatic heterocycles. The number of carbonyl (C=O) groups excluding carboxylic acids is 1. The van der Waals surface area contributed by atoms with Crippen molar-refractivity contribution in [2.24, 2.45) is 0 Å². The summed E-state index contributed by atoms with van der Waals surface area (Å²) in [5, 5.41) is 17.6. The number of fused-ring (bicyclic) bond motifs is 1. The molecule has 0 atom stereocenters. The van der Waals surface area contributed by atoms with E-state index in [0.29, 0.717) is 6.54 Å². The second-order valence-electron chi connectivity index (χ2n) is 8.70. The van der Waals surface area contributed by atoms with Crippen molar-refractivity contribution in [3.63, 3.8) is 0 Å². The summed E-state index contributed by atoms with van der Waals surface area (Å²) in [5.41, 5.74) is 0.561. The number of nitrogens with one attached hydrogen (secondary N) is 1. The third-order valence-electron chi connectivity index (χ3n) is 6.81. The van der Waals surface area contributed by atoms with E-state index in [9.17, 15) is 4.79 Å². The monoisotopic (exact) mass is 450 g/mol. The molecule has 1 aliphatic carbocycles. The molecule has 0 bridgehead atoms. The first-order valence-electron chi connectivity index (χ1n) is 11.8. The van der Waals surface area contributed by atoms with Crippen LogP contribution in [0.3, 0.4) is 0 Å². The van der Waals surface area contributed by atoms with E-state index in [-0.39, 0.29) is 12.1 Å². The van der Waals surface area contributed by atoms with Gasteiger partial charge in [-0.25, -0.2) is 9.48 Å². The SMILES string of the molecule is O=C(Nc1cccc2ccccc12)OCCn1nnnc1C1(N2CCOCC2)CCCCC1. The largest absolute Gasteiger partial charge is 0.447 e. The Morgan fingerprint density at radius 3 is 2.70 bits per heavy atom. The smallest absolute Gasteiger partial charge is 0.411 e. The summed E-state index contributed by atoms with van der Waals surface area (Å²) in [4.78, 5) is 15.0. The zero-order valence-electron chi connectivity index (χ0n) is 18.8. The lowest BCUT2D eigenvalue weighted by atomic mass is 9.79. The highest BCUT2D eigenvalue weighted by atomic mass is 16.5. The van der Waals surface area contributed by atoms with Crippen LogP contribution in [0.25, 0.3) is 10.8 Å². The number of morpholine rings is 1. The van der Waals surface area contributed by atoms with Gasteiger partial charge in [-0.2, -0.15) is 0 Å². The first kappa shape index (κ1) is 21.8. The summed E-state index contributed by atoms with van der Waals surface area (Å²) >= 11 is 0. The van der Waals surface area contributed by atoms with Crippen molar-refractivity contribution in [3.8, 4) is 0 Å². The van der Waals surface area contributed by atoms with E-state index in [1.807, 2.05) is 47.1 Å². The lowest BCUT2D eigenvalue weighted by Crippen LogP contribution is -2.53. The Labute approximate surface area is 193 Å². The molecule has 9 heteroatoms. The molecule has 33 heavy (non-hydrogen) atoms. The van der Waals surface area contributed by atoms with Crippen LogP contribution in [0.1, 0.15) is 37.9 Å². The number of hydrogen-bond acceptors (Lipinski definition) is 7. The molecule has 174 valence electrons. The minimum atomic E-state index is -0.485. The van der Waals surface area contributed by atoms with Crippen LogP contribution in [0.5, 0.6) is 0 Å². The molecule has 2 aliphatic rings. The van der Waals surface area contributed by atoms with Crippen LogP contribution >= 0.6 is 0 Å². The highest BCUT2D eigenvalue weighted by Crippen LogP contribution is 2.41. The summed E-state index contributed by atoms with van der Waals surface area (Å²) in [6.07, 6.45) is 5.15. The van der Waals surface area contributed by atoms with Crippen LogP contribution in [-0.4, -0.2) is 64.1 Å². The zero-order chi connectivity index (χ0) is 22.5. The number of aromatic nitrogens is 4. The van der Waals surface area contributed by atoms with Crippen LogP contribution < -0.4 is 5.32 Å². The number of benzene rings is 2. The molecule has 5 rings (SSSR count). The van der Waals surface area contributed by atoms with Gasteiger partial charge in [0.25, 0.3) is 0 Å². The predicted octanol–water partition coefficient (Wildman–Crippen LogP) is 3.57. The fourth-order valence-corrected chi connectivity index (χ4v) is 5.20. The van der Waals surface area contributed by atoms with Gasteiger partial charge in [0.15, 0.2) is 5.82 Å². The molecular weight excluding hydrogens is 420 g/mol. The molecule has 0 radical (unpaired) electrons. The molecule has 0 unspecified atom stereocenters. The van der Waals surface area contributed by atoms with Crippen molar-refractivity contribution in [3.05, 3.63) is 48.3 Å². The van der Waals surface area contributed by atoms with Gasteiger partial charge < -0.3 is 9.47 Å². The highest BCUT2D eigenvalue weighted by Gasteiger charge is 2.44. The first-order valence-corrected chi connectivity index (χ1v) is 11.8. The quantitative estimate of drug-likeness (QED) is 0.613. The Morgan fingerprint density at radius 2 is 1.85 bits per heavy atom. The summed E-state index contributed by atoms with van der Waals surface area (Å²) in [7, 11) is 0. The number of ether oxygens (including phenoxy) is 2. The molecule has 2 heterocycles. The van der Waals surface area contributed by atoms with E-state index in [4.69, 9.17) is 9.47 Å². The van der Waals surface area contributed by atoms with Crippen molar-refractivity contribution in [2.45, 2.75) is 44.2 Å². The molecule has 1 saturated heterocycles. The van der Waals surface area contributed by atoms with E-state index in [1.54, 1.807) is 0 Å². The number of anilines is 1. The van der Waals surface area contributed by atoms with E-state index in [1.165, 1.54) is 6.42 Å². The van der Waals surface area contributed by atoms with Crippen molar-refractivity contribution in [1.82, 2.24) is 25.1 Å². The van der Waals surface area contributed by atoms with Gasteiger partial charge in [0.05, 0.1) is 31.0 Å². The van der Waals surface area contributed by atoms with Gasteiger partial charge in [-0.15, -0.1) is 5.10 Å². The minimum absolute atomic E-state index is 0.170. The van der Waals surface area contributed by atoms with Gasteiger partial charge in [0.1, 0.15) is 6.61 Å². The first-order chi connectivity index (χ1) is 16.3. The number of rotatable bonds is 6. The molecule has 1 N–H and O–H groups in total. The van der Waals surface area contributed by atoms with Gasteiger partial charge in [-0.3, -0.25) is 10.2 Å². The maximum atomic E-state index is 12.5. The molecule has 1 amide bonds.